The molecule has 150 valence electrons. The third kappa shape index (κ3) is 4.54. The predicted octanol–water partition coefficient (Wildman–Crippen LogP) is 3.61. The number of thioether (sulfide) groups is 1. The Bertz CT molecular complexity index is 1040. The highest BCUT2D eigenvalue weighted by Crippen LogP contribution is 2.31. The van der Waals surface area contributed by atoms with Crippen LogP contribution in [0.25, 0.3) is 11.4 Å². The van der Waals surface area contributed by atoms with Crippen LogP contribution in [-0.4, -0.2) is 38.5 Å². The molecule has 0 aliphatic heterocycles. The molecule has 10 heteroatoms. The average Bonchev–Trinajstić information content (AvgIpc) is 3.15. The molecule has 9 nitrogen and oxygen atoms in total. The summed E-state index contributed by atoms with van der Waals surface area (Å²) in [6.07, 6.45) is 0. The number of methoxy groups -OCH3 is 1. The van der Waals surface area contributed by atoms with Gasteiger partial charge in [-0.1, -0.05) is 36.0 Å². The molecular weight excluding hydrogens is 394 g/mol. The van der Waals surface area contributed by atoms with E-state index in [-0.39, 0.29) is 23.0 Å². The van der Waals surface area contributed by atoms with E-state index < -0.39 is 4.92 Å². The van der Waals surface area contributed by atoms with Gasteiger partial charge in [-0.2, -0.15) is 0 Å². The molecular formula is C19H19N5O4S. The molecule has 0 bridgehead atoms. The molecule has 0 aliphatic rings. The maximum atomic E-state index is 12.3. The minimum atomic E-state index is -0.532. The zero-order valence-corrected chi connectivity index (χ0v) is 16.7. The number of nitro groups is 1. The number of benzene rings is 2. The minimum absolute atomic E-state index is 0.0378. The third-order valence-corrected chi connectivity index (χ3v) is 5.05. The van der Waals surface area contributed by atoms with E-state index in [1.807, 2.05) is 35.8 Å². The molecule has 1 amide bonds. The molecule has 2 aromatic carbocycles. The summed E-state index contributed by atoms with van der Waals surface area (Å²) in [5.74, 6) is 0.997. The largest absolute Gasteiger partial charge is 0.496 e. The fraction of sp³-hybridized carbons (Fsp3) is 0.211. The van der Waals surface area contributed by atoms with Crippen LogP contribution >= 0.6 is 11.8 Å². The Labute approximate surface area is 171 Å². The third-order valence-electron chi connectivity index (χ3n) is 4.09. The number of nitrogens with zero attached hydrogens (tertiary/aromatic N) is 4. The summed E-state index contributed by atoms with van der Waals surface area (Å²) in [5.41, 5.74) is 0.816. The van der Waals surface area contributed by atoms with Gasteiger partial charge in [-0.25, -0.2) is 0 Å². The number of hydrogen-bond acceptors (Lipinski definition) is 7. The van der Waals surface area contributed by atoms with E-state index in [1.165, 1.54) is 23.9 Å². The van der Waals surface area contributed by atoms with Gasteiger partial charge in [0.25, 0.3) is 5.69 Å². The maximum Gasteiger partial charge on any atom is 0.292 e. The Morgan fingerprint density at radius 3 is 2.66 bits per heavy atom. The smallest absolute Gasteiger partial charge is 0.292 e. The molecule has 3 rings (SSSR count). The van der Waals surface area contributed by atoms with E-state index >= 15 is 0 Å². The van der Waals surface area contributed by atoms with E-state index in [9.17, 15) is 14.9 Å². The summed E-state index contributed by atoms with van der Waals surface area (Å²) >= 11 is 1.21. The van der Waals surface area contributed by atoms with Crippen LogP contribution in [0.1, 0.15) is 6.92 Å². The summed E-state index contributed by atoms with van der Waals surface area (Å²) in [5, 5.41) is 22.7. The summed E-state index contributed by atoms with van der Waals surface area (Å²) in [6, 6.07) is 13.5. The van der Waals surface area contributed by atoms with Gasteiger partial charge in [-0.05, 0) is 25.1 Å². The van der Waals surface area contributed by atoms with Crippen LogP contribution in [0, 0.1) is 10.1 Å². The fourth-order valence-corrected chi connectivity index (χ4v) is 3.57. The molecule has 0 saturated heterocycles. The second kappa shape index (κ2) is 9.20. The molecule has 0 radical (unpaired) electrons. The summed E-state index contributed by atoms with van der Waals surface area (Å²) in [6.45, 7) is 2.56. The van der Waals surface area contributed by atoms with Gasteiger partial charge in [0.2, 0.25) is 5.91 Å². The number of carbonyl (C=O) groups is 1. The molecule has 0 atom stereocenters. The molecule has 1 aromatic heterocycles. The molecule has 1 heterocycles. The van der Waals surface area contributed by atoms with E-state index in [0.29, 0.717) is 23.3 Å². The number of nitrogens with one attached hydrogen (secondary N) is 1. The first-order valence-electron chi connectivity index (χ1n) is 8.77. The van der Waals surface area contributed by atoms with E-state index in [1.54, 1.807) is 19.2 Å². The van der Waals surface area contributed by atoms with Gasteiger partial charge >= 0.3 is 0 Å². The lowest BCUT2D eigenvalue weighted by molar-refractivity contribution is -0.383. The zero-order valence-electron chi connectivity index (χ0n) is 15.9. The molecule has 0 spiro atoms. The summed E-state index contributed by atoms with van der Waals surface area (Å²) < 4.78 is 7.29. The number of para-hydroxylation sites is 3. The molecule has 29 heavy (non-hydrogen) atoms. The standard InChI is InChI=1S/C19H19N5O4S/c1-3-23-18(13-8-4-7-11-16(13)28-2)21-22-19(23)29-12-17(25)20-14-9-5-6-10-15(14)24(26)27/h4-11H,3,12H2,1-2H3,(H,20,25). The first-order valence-corrected chi connectivity index (χ1v) is 9.76. The topological polar surface area (TPSA) is 112 Å². The number of rotatable bonds is 8. The lowest BCUT2D eigenvalue weighted by atomic mass is 10.2. The van der Waals surface area contributed by atoms with Gasteiger partial charge in [-0.3, -0.25) is 14.9 Å². The quantitative estimate of drug-likeness (QED) is 0.341. The van der Waals surface area contributed by atoms with Crippen molar-refractivity contribution in [2.75, 3.05) is 18.2 Å². The number of ether oxygens (including phenoxy) is 1. The van der Waals surface area contributed by atoms with Crippen molar-refractivity contribution in [2.45, 2.75) is 18.6 Å². The first-order chi connectivity index (χ1) is 14.0. The van der Waals surface area contributed by atoms with E-state index in [4.69, 9.17) is 4.74 Å². The number of nitro benzene ring substituents is 1. The first kappa shape index (κ1) is 20.3. The number of amides is 1. The number of hydrogen-bond donors (Lipinski definition) is 1. The monoisotopic (exact) mass is 413 g/mol. The van der Waals surface area contributed by atoms with Crippen LogP contribution in [-0.2, 0) is 11.3 Å². The Hall–Kier alpha value is -3.40. The number of anilines is 1. The van der Waals surface area contributed by atoms with Crippen LogP contribution in [0.3, 0.4) is 0 Å². The van der Waals surface area contributed by atoms with Crippen molar-refractivity contribution >= 4 is 29.0 Å². The highest BCUT2D eigenvalue weighted by Gasteiger charge is 2.19. The average molecular weight is 413 g/mol. The Kier molecular flexibility index (Phi) is 6.45. The van der Waals surface area contributed by atoms with Gasteiger partial charge in [-0.15, -0.1) is 10.2 Å². The highest BCUT2D eigenvalue weighted by molar-refractivity contribution is 7.99. The van der Waals surface area contributed by atoms with Crippen molar-refractivity contribution in [3.63, 3.8) is 0 Å². The van der Waals surface area contributed by atoms with Crippen molar-refractivity contribution in [1.29, 1.82) is 0 Å². The van der Waals surface area contributed by atoms with Gasteiger partial charge in [0.15, 0.2) is 11.0 Å². The molecule has 1 N–H and O–H groups in total. The molecule has 0 aliphatic carbocycles. The van der Waals surface area contributed by atoms with Crippen LogP contribution in [0.4, 0.5) is 11.4 Å². The summed E-state index contributed by atoms with van der Waals surface area (Å²) in [4.78, 5) is 22.8. The fourth-order valence-electron chi connectivity index (χ4n) is 2.76. The lowest BCUT2D eigenvalue weighted by Crippen LogP contribution is -2.15. The van der Waals surface area contributed by atoms with Gasteiger partial charge in [0.1, 0.15) is 11.4 Å². The van der Waals surface area contributed by atoms with Gasteiger partial charge in [0.05, 0.1) is 23.3 Å². The van der Waals surface area contributed by atoms with Crippen LogP contribution in [0.5, 0.6) is 5.75 Å². The van der Waals surface area contributed by atoms with Crippen molar-refractivity contribution in [3.05, 3.63) is 58.6 Å². The Morgan fingerprint density at radius 1 is 1.21 bits per heavy atom. The normalized spacial score (nSPS) is 10.6. The molecule has 0 saturated carbocycles. The van der Waals surface area contributed by atoms with Crippen molar-refractivity contribution < 1.29 is 14.5 Å². The van der Waals surface area contributed by atoms with Crippen molar-refractivity contribution in [3.8, 4) is 17.1 Å². The second-order valence-electron chi connectivity index (χ2n) is 5.86. The van der Waals surface area contributed by atoms with Crippen LogP contribution in [0.15, 0.2) is 53.7 Å². The lowest BCUT2D eigenvalue weighted by Gasteiger charge is -2.10. The maximum absolute atomic E-state index is 12.3. The van der Waals surface area contributed by atoms with Crippen molar-refractivity contribution in [1.82, 2.24) is 14.8 Å². The molecule has 3 aromatic rings. The van der Waals surface area contributed by atoms with Gasteiger partial charge in [0, 0.05) is 12.6 Å². The molecule has 0 unspecified atom stereocenters. The summed E-state index contributed by atoms with van der Waals surface area (Å²) in [7, 11) is 1.59. The van der Waals surface area contributed by atoms with Gasteiger partial charge < -0.3 is 14.6 Å². The second-order valence-corrected chi connectivity index (χ2v) is 6.80. The number of carbonyl (C=O) groups excluding carboxylic acids is 1. The highest BCUT2D eigenvalue weighted by atomic mass is 32.2. The van der Waals surface area contributed by atoms with E-state index in [2.05, 4.69) is 15.5 Å². The van der Waals surface area contributed by atoms with E-state index in [0.717, 1.165) is 5.56 Å². The van der Waals surface area contributed by atoms with Crippen LogP contribution in [0.2, 0.25) is 0 Å². The zero-order chi connectivity index (χ0) is 20.8. The minimum Gasteiger partial charge on any atom is -0.496 e. The van der Waals surface area contributed by atoms with Crippen molar-refractivity contribution in [2.24, 2.45) is 0 Å². The Balaban J connectivity index is 1.74. The number of aromatic nitrogens is 3. The Morgan fingerprint density at radius 2 is 1.93 bits per heavy atom. The van der Waals surface area contributed by atoms with Crippen LogP contribution < -0.4 is 10.1 Å². The molecule has 0 fully saturated rings. The SMILES string of the molecule is CCn1c(SCC(=O)Nc2ccccc2[N+](=O)[O-])nnc1-c1ccccc1OC. The predicted molar refractivity (Wildman–Crippen MR) is 110 cm³/mol.